The first-order chi connectivity index (χ1) is 10.7. The van der Waals surface area contributed by atoms with Crippen LogP contribution in [0.25, 0.3) is 32.3 Å². The van der Waals surface area contributed by atoms with Crippen LogP contribution < -0.4 is 0 Å². The van der Waals surface area contributed by atoms with Gasteiger partial charge in [0.2, 0.25) is 0 Å². The van der Waals surface area contributed by atoms with Crippen LogP contribution in [0.1, 0.15) is 5.56 Å². The van der Waals surface area contributed by atoms with Gasteiger partial charge in [0.25, 0.3) is 0 Å². The van der Waals surface area contributed by atoms with Gasteiger partial charge in [0.1, 0.15) is 6.67 Å². The SMILES string of the molecule is Oc1cc2cc3cc4ccccc4cc3cc2c(CF)c1O. The average Bonchev–Trinajstić information content (AvgIpc) is 2.53. The van der Waals surface area contributed by atoms with E-state index < -0.39 is 6.67 Å². The fourth-order valence-corrected chi connectivity index (χ4v) is 3.02. The molecule has 0 amide bonds. The highest BCUT2D eigenvalue weighted by atomic mass is 19.1. The summed E-state index contributed by atoms with van der Waals surface area (Å²) in [5.41, 5.74) is 0.130. The lowest BCUT2D eigenvalue weighted by Crippen LogP contribution is -1.87. The number of halogens is 1. The van der Waals surface area contributed by atoms with Crippen LogP contribution in [-0.2, 0) is 6.67 Å². The Kier molecular flexibility index (Phi) is 2.70. The highest BCUT2D eigenvalue weighted by Crippen LogP contribution is 2.38. The van der Waals surface area contributed by atoms with E-state index in [0.717, 1.165) is 21.5 Å². The second-order valence-electron chi connectivity index (χ2n) is 5.48. The quantitative estimate of drug-likeness (QED) is 0.382. The van der Waals surface area contributed by atoms with Gasteiger partial charge in [-0.25, -0.2) is 4.39 Å². The van der Waals surface area contributed by atoms with Crippen molar-refractivity contribution >= 4 is 32.3 Å². The summed E-state index contributed by atoms with van der Waals surface area (Å²) in [7, 11) is 0. The first kappa shape index (κ1) is 12.9. The highest BCUT2D eigenvalue weighted by Gasteiger charge is 2.13. The molecule has 0 fully saturated rings. The molecule has 0 aliphatic heterocycles. The zero-order valence-electron chi connectivity index (χ0n) is 11.7. The number of benzene rings is 4. The summed E-state index contributed by atoms with van der Waals surface area (Å²) in [6.07, 6.45) is 0. The summed E-state index contributed by atoms with van der Waals surface area (Å²) < 4.78 is 13.3. The second-order valence-corrected chi connectivity index (χ2v) is 5.48. The number of hydrogen-bond acceptors (Lipinski definition) is 2. The van der Waals surface area contributed by atoms with Crippen molar-refractivity contribution in [2.24, 2.45) is 0 Å². The Morgan fingerprint density at radius 3 is 1.95 bits per heavy atom. The molecule has 0 bridgehead atoms. The molecule has 4 aromatic carbocycles. The Morgan fingerprint density at radius 1 is 0.727 bits per heavy atom. The van der Waals surface area contributed by atoms with Crippen molar-refractivity contribution in [2.45, 2.75) is 6.67 Å². The molecule has 0 aliphatic carbocycles. The minimum Gasteiger partial charge on any atom is -0.504 e. The molecule has 0 heterocycles. The molecule has 108 valence electrons. The van der Waals surface area contributed by atoms with E-state index >= 15 is 0 Å². The maximum atomic E-state index is 13.3. The van der Waals surface area contributed by atoms with Gasteiger partial charge < -0.3 is 10.2 Å². The molecule has 0 saturated carbocycles. The Hall–Kier alpha value is -2.81. The molecule has 0 aromatic heterocycles. The monoisotopic (exact) mass is 292 g/mol. The molecule has 2 nitrogen and oxygen atoms in total. The number of hydrogen-bond donors (Lipinski definition) is 2. The smallest absolute Gasteiger partial charge is 0.163 e. The lowest BCUT2D eigenvalue weighted by Gasteiger charge is -2.10. The molecule has 2 N–H and O–H groups in total. The Labute approximate surface area is 126 Å². The fourth-order valence-electron chi connectivity index (χ4n) is 3.02. The van der Waals surface area contributed by atoms with Crippen molar-refractivity contribution < 1.29 is 14.6 Å². The number of rotatable bonds is 1. The van der Waals surface area contributed by atoms with E-state index in [1.165, 1.54) is 6.07 Å². The minimum atomic E-state index is -0.824. The lowest BCUT2D eigenvalue weighted by atomic mass is 9.97. The van der Waals surface area contributed by atoms with Gasteiger partial charge in [-0.15, -0.1) is 0 Å². The molecule has 3 heteroatoms. The van der Waals surface area contributed by atoms with E-state index in [0.29, 0.717) is 10.8 Å². The van der Waals surface area contributed by atoms with E-state index in [-0.39, 0.29) is 17.1 Å². The number of phenols is 2. The third-order valence-electron chi connectivity index (χ3n) is 4.15. The summed E-state index contributed by atoms with van der Waals surface area (Å²) in [5.74, 6) is -0.671. The van der Waals surface area contributed by atoms with Crippen molar-refractivity contribution in [1.29, 1.82) is 0 Å². The first-order valence-corrected chi connectivity index (χ1v) is 7.03. The molecule has 0 saturated heterocycles. The summed E-state index contributed by atoms with van der Waals surface area (Å²) in [5, 5.41) is 25.2. The molecule has 22 heavy (non-hydrogen) atoms. The first-order valence-electron chi connectivity index (χ1n) is 7.03. The largest absolute Gasteiger partial charge is 0.504 e. The van der Waals surface area contributed by atoms with Crippen molar-refractivity contribution in [2.75, 3.05) is 0 Å². The fraction of sp³-hybridized carbons (Fsp3) is 0.0526. The van der Waals surface area contributed by atoms with Crippen molar-refractivity contribution in [3.8, 4) is 11.5 Å². The Bertz CT molecular complexity index is 1040. The number of fused-ring (bicyclic) bond motifs is 3. The van der Waals surface area contributed by atoms with E-state index in [1.54, 1.807) is 0 Å². The van der Waals surface area contributed by atoms with Crippen LogP contribution in [0.5, 0.6) is 11.5 Å². The minimum absolute atomic E-state index is 0.130. The van der Waals surface area contributed by atoms with Gasteiger partial charge in [0.05, 0.1) is 0 Å². The van der Waals surface area contributed by atoms with E-state index in [2.05, 4.69) is 12.1 Å². The molecule has 0 unspecified atom stereocenters. The van der Waals surface area contributed by atoms with Crippen LogP contribution in [0.15, 0.2) is 54.6 Å². The standard InChI is InChI=1S/C19H13FO2/c20-10-17-16-8-14-6-12-4-2-1-3-11(12)5-13(14)7-15(16)9-18(21)19(17)22/h1-9,21-22H,10H2. The number of alkyl halides is 1. The van der Waals surface area contributed by atoms with Crippen molar-refractivity contribution in [3.63, 3.8) is 0 Å². The summed E-state index contributed by atoms with van der Waals surface area (Å²) in [6.45, 7) is -0.824. The molecule has 0 aliphatic rings. The third kappa shape index (κ3) is 1.79. The van der Waals surface area contributed by atoms with E-state index in [9.17, 15) is 14.6 Å². The average molecular weight is 292 g/mol. The van der Waals surface area contributed by atoms with Gasteiger partial charge in [-0.2, -0.15) is 0 Å². The van der Waals surface area contributed by atoms with Gasteiger partial charge in [-0.1, -0.05) is 24.3 Å². The third-order valence-corrected chi connectivity index (χ3v) is 4.15. The van der Waals surface area contributed by atoms with Crippen LogP contribution in [-0.4, -0.2) is 10.2 Å². The Balaban J connectivity index is 2.16. The molecule has 4 aromatic rings. The Morgan fingerprint density at radius 2 is 1.32 bits per heavy atom. The second kappa shape index (κ2) is 4.60. The highest BCUT2D eigenvalue weighted by molar-refractivity contribution is 6.06. The van der Waals surface area contributed by atoms with E-state index in [4.69, 9.17) is 0 Å². The van der Waals surface area contributed by atoms with Crippen molar-refractivity contribution in [3.05, 3.63) is 60.2 Å². The summed E-state index contributed by atoms with van der Waals surface area (Å²) in [4.78, 5) is 0. The predicted octanol–water partition coefficient (Wildman–Crippen LogP) is 5.03. The van der Waals surface area contributed by atoms with Crippen molar-refractivity contribution in [1.82, 2.24) is 0 Å². The zero-order chi connectivity index (χ0) is 15.3. The molecule has 0 radical (unpaired) electrons. The van der Waals surface area contributed by atoms with Crippen LogP contribution in [0.3, 0.4) is 0 Å². The maximum absolute atomic E-state index is 13.3. The van der Waals surface area contributed by atoms with Crippen LogP contribution in [0, 0.1) is 0 Å². The van der Waals surface area contributed by atoms with Crippen LogP contribution in [0.2, 0.25) is 0 Å². The summed E-state index contributed by atoms with van der Waals surface area (Å²) >= 11 is 0. The van der Waals surface area contributed by atoms with Crippen LogP contribution in [0.4, 0.5) is 4.39 Å². The molecule has 4 rings (SSSR count). The predicted molar refractivity (Wildman–Crippen MR) is 87.1 cm³/mol. The summed E-state index contributed by atoms with van der Waals surface area (Å²) in [6, 6.07) is 17.4. The zero-order valence-corrected chi connectivity index (χ0v) is 11.7. The number of aromatic hydroxyl groups is 2. The van der Waals surface area contributed by atoms with Crippen LogP contribution >= 0.6 is 0 Å². The van der Waals surface area contributed by atoms with Gasteiger partial charge >= 0.3 is 0 Å². The molecule has 0 spiro atoms. The van der Waals surface area contributed by atoms with Gasteiger partial charge in [0.15, 0.2) is 11.5 Å². The number of phenolic OH excluding ortho intramolecular Hbond substituents is 2. The molecule has 0 atom stereocenters. The topological polar surface area (TPSA) is 40.5 Å². The van der Waals surface area contributed by atoms with E-state index in [1.807, 2.05) is 36.4 Å². The molecular formula is C19H13FO2. The maximum Gasteiger partial charge on any atom is 0.163 e. The molecular weight excluding hydrogens is 279 g/mol. The van der Waals surface area contributed by atoms with Gasteiger partial charge in [-0.3, -0.25) is 0 Å². The normalized spacial score (nSPS) is 11.5. The lowest BCUT2D eigenvalue weighted by molar-refractivity contribution is 0.388. The van der Waals surface area contributed by atoms with Gasteiger partial charge in [-0.05, 0) is 62.6 Å². The van der Waals surface area contributed by atoms with Gasteiger partial charge in [0, 0.05) is 5.56 Å².